The van der Waals surface area contributed by atoms with Crippen molar-refractivity contribution in [2.24, 2.45) is 11.8 Å². The van der Waals surface area contributed by atoms with Crippen LogP contribution in [-0.4, -0.2) is 108 Å². The van der Waals surface area contributed by atoms with Crippen molar-refractivity contribution in [2.45, 2.75) is 96.5 Å². The molecule has 0 bridgehead atoms. The van der Waals surface area contributed by atoms with E-state index in [0.29, 0.717) is 39.1 Å². The fourth-order valence-electron chi connectivity index (χ4n) is 6.15. The maximum atomic E-state index is 14.1. The Kier molecular flexibility index (Phi) is 17.9. The number of amides is 4. The molecule has 1 aliphatic heterocycles. The molecule has 5 atom stereocenters. The van der Waals surface area contributed by atoms with E-state index in [4.69, 9.17) is 16.3 Å². The van der Waals surface area contributed by atoms with E-state index in [0.717, 1.165) is 11.1 Å². The molecule has 2 aromatic carbocycles. The van der Waals surface area contributed by atoms with E-state index in [1.807, 2.05) is 93.3 Å². The van der Waals surface area contributed by atoms with Crippen molar-refractivity contribution in [1.29, 1.82) is 0 Å². The van der Waals surface area contributed by atoms with Gasteiger partial charge in [-0.1, -0.05) is 88.4 Å². The average molecular weight is 756 g/mol. The number of ether oxygens (including phenoxy) is 1. The fourth-order valence-corrected chi connectivity index (χ4v) is 6.28. The summed E-state index contributed by atoms with van der Waals surface area (Å²) >= 11 is 5.90. The third-order valence-corrected chi connectivity index (χ3v) is 9.59. The topological polar surface area (TPSA) is 166 Å². The number of halogens is 1. The van der Waals surface area contributed by atoms with Crippen LogP contribution in [-0.2, 0) is 41.6 Å². The van der Waals surface area contributed by atoms with Gasteiger partial charge in [-0.3, -0.25) is 28.9 Å². The molecular weight excluding hydrogens is 698 g/mol. The van der Waals surface area contributed by atoms with Gasteiger partial charge < -0.3 is 31.1 Å². The van der Waals surface area contributed by atoms with Gasteiger partial charge in [-0.15, -0.1) is 11.6 Å². The molecule has 0 aliphatic carbocycles. The number of rotatable bonds is 21. The number of hydrogen-bond donors (Lipinski definition) is 5. The molecule has 13 heteroatoms. The predicted octanol–water partition coefficient (Wildman–Crippen LogP) is 2.78. The molecule has 2 unspecified atom stereocenters. The number of nitrogens with one attached hydrogen (secondary N) is 4. The first-order valence-electron chi connectivity index (χ1n) is 18.6. The van der Waals surface area contributed by atoms with E-state index >= 15 is 0 Å². The maximum Gasteiger partial charge on any atom is 0.243 e. The molecule has 1 heterocycles. The lowest BCUT2D eigenvalue weighted by molar-refractivity contribution is -0.139. The molecule has 0 radical (unpaired) electrons. The van der Waals surface area contributed by atoms with E-state index in [-0.39, 0.29) is 49.4 Å². The van der Waals surface area contributed by atoms with E-state index in [1.165, 1.54) is 6.92 Å². The Labute approximate surface area is 319 Å². The zero-order valence-corrected chi connectivity index (χ0v) is 32.5. The number of nitrogens with zero attached hydrogens (tertiary/aromatic N) is 1. The summed E-state index contributed by atoms with van der Waals surface area (Å²) in [6.45, 7) is 11.3. The summed E-state index contributed by atoms with van der Waals surface area (Å²) in [6, 6.07) is 14.6. The molecule has 12 nitrogen and oxygen atoms in total. The number of hydrogen-bond acceptors (Lipinski definition) is 8. The minimum atomic E-state index is -1.87. The van der Waals surface area contributed by atoms with E-state index < -0.39 is 53.3 Å². The number of alkyl halides is 1. The number of carbonyl (C=O) groups excluding carboxylic acids is 5. The van der Waals surface area contributed by atoms with Crippen LogP contribution in [0.4, 0.5) is 0 Å². The molecular formula is C40H58ClN5O7. The molecule has 1 aliphatic rings. The minimum absolute atomic E-state index is 0.00706. The molecule has 0 saturated carbocycles. The molecule has 3 rings (SSSR count). The molecule has 0 aromatic heterocycles. The number of benzene rings is 2. The number of carbonyl (C=O) groups is 5. The summed E-state index contributed by atoms with van der Waals surface area (Å²) in [7, 11) is 0. The van der Waals surface area contributed by atoms with Gasteiger partial charge in [-0.2, -0.15) is 0 Å². The smallest absolute Gasteiger partial charge is 0.243 e. The van der Waals surface area contributed by atoms with Crippen LogP contribution < -0.4 is 21.3 Å². The van der Waals surface area contributed by atoms with Gasteiger partial charge in [0.05, 0.1) is 31.7 Å². The highest BCUT2D eigenvalue weighted by Gasteiger charge is 2.38. The maximum absolute atomic E-state index is 14.1. The Balaban J connectivity index is 1.84. The second-order valence-corrected chi connectivity index (χ2v) is 15.2. The van der Waals surface area contributed by atoms with Gasteiger partial charge in [0.1, 0.15) is 23.7 Å². The normalized spacial score (nSPS) is 16.8. The van der Waals surface area contributed by atoms with Crippen LogP contribution in [0.3, 0.4) is 0 Å². The zero-order valence-electron chi connectivity index (χ0n) is 31.7. The van der Waals surface area contributed by atoms with Crippen molar-refractivity contribution in [3.05, 3.63) is 71.8 Å². The minimum Gasteiger partial charge on any atom is -0.381 e. The van der Waals surface area contributed by atoms with Crippen molar-refractivity contribution < 1.29 is 33.8 Å². The Morgan fingerprint density at radius 2 is 1.23 bits per heavy atom. The van der Waals surface area contributed by atoms with Crippen LogP contribution >= 0.6 is 11.6 Å². The summed E-state index contributed by atoms with van der Waals surface area (Å²) < 4.78 is 5.39. The van der Waals surface area contributed by atoms with Crippen molar-refractivity contribution in [3.8, 4) is 0 Å². The van der Waals surface area contributed by atoms with E-state index in [9.17, 15) is 29.1 Å². The molecule has 292 valence electrons. The molecule has 2 aromatic rings. The largest absolute Gasteiger partial charge is 0.381 e. The fraction of sp³-hybridized carbons (Fsp3) is 0.575. The van der Waals surface area contributed by atoms with Crippen molar-refractivity contribution in [1.82, 2.24) is 26.2 Å². The first-order chi connectivity index (χ1) is 25.2. The van der Waals surface area contributed by atoms with Crippen molar-refractivity contribution in [2.75, 3.05) is 38.7 Å². The second kappa shape index (κ2) is 21.8. The van der Waals surface area contributed by atoms with Crippen LogP contribution in [0.25, 0.3) is 0 Å². The van der Waals surface area contributed by atoms with Crippen LogP contribution in [0.15, 0.2) is 60.7 Å². The molecule has 4 amide bonds. The number of ketones is 1. The highest BCUT2D eigenvalue weighted by Crippen LogP contribution is 2.17. The predicted molar refractivity (Wildman–Crippen MR) is 205 cm³/mol. The summed E-state index contributed by atoms with van der Waals surface area (Å²) in [6.07, 6.45) is 1.43. The second-order valence-electron chi connectivity index (χ2n) is 14.9. The lowest BCUT2D eigenvalue weighted by atomic mass is 9.90. The Hall–Kier alpha value is -3.84. The van der Waals surface area contributed by atoms with Crippen molar-refractivity contribution >= 4 is 41.0 Å². The molecule has 0 spiro atoms. The molecule has 5 N–H and O–H groups in total. The Morgan fingerprint density at radius 1 is 0.736 bits per heavy atom. The standard InChI is InChI=1S/C40H58ClN5O7/c1-27(2)22-32(36(48)40(5,52)26-41)43-39(51)34(24-30-14-10-7-11-15-30)45-38(50)33(23-28(3)4)44-37(49)31(17-16-29-12-8-6-9-13-29)42-35(47)25-46-18-20-53-21-19-46/h6-15,27-28,31-34,52H,16-26H2,1-5H3,(H,42,47)(H,43,51)(H,44,49)(H,45,50)/t31-,32-,33?,34-,40?/m0/s1. The molecule has 53 heavy (non-hydrogen) atoms. The van der Waals surface area contributed by atoms with E-state index in [2.05, 4.69) is 21.3 Å². The first kappa shape index (κ1) is 43.6. The quantitative estimate of drug-likeness (QED) is 0.121. The number of aliphatic hydroxyl groups is 1. The monoisotopic (exact) mass is 755 g/mol. The lowest BCUT2D eigenvalue weighted by Crippen LogP contribution is -2.60. The Bertz CT molecular complexity index is 1470. The van der Waals surface area contributed by atoms with E-state index in [1.54, 1.807) is 0 Å². The van der Waals surface area contributed by atoms with Gasteiger partial charge in [-0.25, -0.2) is 0 Å². The number of morpholine rings is 1. The highest BCUT2D eigenvalue weighted by molar-refractivity contribution is 6.21. The van der Waals surface area contributed by atoms with Crippen LogP contribution in [0.1, 0.15) is 65.0 Å². The lowest BCUT2D eigenvalue weighted by Gasteiger charge is -2.30. The third-order valence-electron chi connectivity index (χ3n) is 9.07. The van der Waals surface area contributed by atoms with Crippen LogP contribution in [0, 0.1) is 11.8 Å². The van der Waals surface area contributed by atoms with Gasteiger partial charge in [0.25, 0.3) is 0 Å². The van der Waals surface area contributed by atoms with Crippen LogP contribution in [0.2, 0.25) is 0 Å². The van der Waals surface area contributed by atoms with Gasteiger partial charge >= 0.3 is 0 Å². The van der Waals surface area contributed by atoms with Gasteiger partial charge in [0, 0.05) is 19.5 Å². The van der Waals surface area contributed by atoms with Gasteiger partial charge in [0.15, 0.2) is 5.78 Å². The number of Topliss-reactive ketones (excluding diaryl/α,β-unsaturated/α-hetero) is 1. The Morgan fingerprint density at radius 3 is 1.79 bits per heavy atom. The SMILES string of the molecule is CC(C)CC(NC(=O)[C@H](CCc1ccccc1)NC(=O)CN1CCOCC1)C(=O)N[C@@H](Cc1ccccc1)C(=O)N[C@@H](CC(C)C)C(=O)C(C)(O)CCl. The first-order valence-corrected chi connectivity index (χ1v) is 19.1. The van der Waals surface area contributed by atoms with Crippen LogP contribution in [0.5, 0.6) is 0 Å². The number of aryl methyl sites for hydroxylation is 1. The summed E-state index contributed by atoms with van der Waals surface area (Å²) in [5, 5.41) is 22.1. The highest BCUT2D eigenvalue weighted by atomic mass is 35.5. The molecule has 1 fully saturated rings. The summed E-state index contributed by atoms with van der Waals surface area (Å²) in [5.74, 6) is -3.00. The average Bonchev–Trinajstić information content (AvgIpc) is 3.12. The third kappa shape index (κ3) is 15.2. The zero-order chi connectivity index (χ0) is 39.0. The van der Waals surface area contributed by atoms with Gasteiger partial charge in [-0.05, 0) is 55.6 Å². The summed E-state index contributed by atoms with van der Waals surface area (Å²) in [5.41, 5.74) is -0.102. The summed E-state index contributed by atoms with van der Waals surface area (Å²) in [4.78, 5) is 70.4. The molecule has 1 saturated heterocycles. The van der Waals surface area contributed by atoms with Gasteiger partial charge in [0.2, 0.25) is 23.6 Å². The van der Waals surface area contributed by atoms with Crippen molar-refractivity contribution in [3.63, 3.8) is 0 Å².